The second kappa shape index (κ2) is 7.23. The standard InChI is InChI=1S/C18H20N4O2.ClH/c1-12-4-3-5-15(8-12)22-16-9-14(7-6-13(16)10-20-22)21-17(24)18(2,19)11-23;/h3-10,23H,11,19H2,1-2H3,(H,21,24);1H/t18-;/m0./s1. The van der Waals surface area contributed by atoms with E-state index in [0.717, 1.165) is 22.2 Å². The molecule has 25 heavy (non-hydrogen) atoms. The van der Waals surface area contributed by atoms with E-state index in [1.807, 2.05) is 48.0 Å². The first-order valence-corrected chi connectivity index (χ1v) is 7.67. The molecule has 2 aromatic carbocycles. The Morgan fingerprint density at radius 1 is 1.32 bits per heavy atom. The SMILES string of the molecule is Cc1cccc(-n2ncc3ccc(NC(=O)[C@@](C)(N)CO)cc32)c1.Cl. The van der Waals surface area contributed by atoms with Crippen molar-refractivity contribution in [1.82, 2.24) is 9.78 Å². The predicted molar refractivity (Wildman–Crippen MR) is 101 cm³/mol. The molecule has 132 valence electrons. The zero-order valence-corrected chi connectivity index (χ0v) is 14.9. The van der Waals surface area contributed by atoms with Crippen LogP contribution in [0.5, 0.6) is 0 Å². The van der Waals surface area contributed by atoms with Gasteiger partial charge in [-0.25, -0.2) is 4.68 Å². The molecule has 3 aromatic rings. The van der Waals surface area contributed by atoms with Crippen molar-refractivity contribution >= 4 is 34.9 Å². The van der Waals surface area contributed by atoms with E-state index in [9.17, 15) is 9.90 Å². The van der Waals surface area contributed by atoms with E-state index >= 15 is 0 Å². The van der Waals surface area contributed by atoms with Crippen LogP contribution < -0.4 is 11.1 Å². The van der Waals surface area contributed by atoms with Crippen molar-refractivity contribution < 1.29 is 9.90 Å². The highest BCUT2D eigenvalue weighted by Crippen LogP contribution is 2.23. The number of hydrogen-bond donors (Lipinski definition) is 3. The second-order valence-electron chi connectivity index (χ2n) is 6.20. The Balaban J connectivity index is 0.00000225. The molecule has 6 nitrogen and oxygen atoms in total. The minimum atomic E-state index is -1.33. The van der Waals surface area contributed by atoms with Crippen LogP contribution in [0.3, 0.4) is 0 Å². The minimum Gasteiger partial charge on any atom is -0.394 e. The zero-order valence-electron chi connectivity index (χ0n) is 14.1. The summed E-state index contributed by atoms with van der Waals surface area (Å²) in [5.41, 5.74) is 8.00. The van der Waals surface area contributed by atoms with Crippen molar-refractivity contribution in [2.75, 3.05) is 11.9 Å². The predicted octanol–water partition coefficient (Wildman–Crippen LogP) is 2.40. The largest absolute Gasteiger partial charge is 0.394 e. The highest BCUT2D eigenvalue weighted by atomic mass is 35.5. The maximum Gasteiger partial charge on any atom is 0.246 e. The Labute approximate surface area is 152 Å². The number of fused-ring (bicyclic) bond motifs is 1. The normalized spacial score (nSPS) is 13.1. The van der Waals surface area contributed by atoms with Gasteiger partial charge in [0.1, 0.15) is 5.54 Å². The van der Waals surface area contributed by atoms with Gasteiger partial charge in [-0.2, -0.15) is 5.10 Å². The van der Waals surface area contributed by atoms with Gasteiger partial charge in [-0.3, -0.25) is 4.79 Å². The van der Waals surface area contributed by atoms with Crippen molar-refractivity contribution in [3.8, 4) is 5.69 Å². The van der Waals surface area contributed by atoms with Crippen molar-refractivity contribution in [1.29, 1.82) is 0 Å². The molecular weight excluding hydrogens is 340 g/mol. The molecule has 1 aromatic heterocycles. The number of anilines is 1. The number of aliphatic hydroxyl groups is 1. The molecular formula is C18H21ClN4O2. The fraction of sp³-hybridized carbons (Fsp3) is 0.222. The molecule has 7 heteroatoms. The van der Waals surface area contributed by atoms with E-state index in [1.54, 1.807) is 12.3 Å². The fourth-order valence-corrected chi connectivity index (χ4v) is 2.41. The maximum absolute atomic E-state index is 12.1. The maximum atomic E-state index is 12.1. The molecule has 0 aliphatic rings. The molecule has 3 rings (SSSR count). The van der Waals surface area contributed by atoms with Gasteiger partial charge in [0.05, 0.1) is 24.0 Å². The lowest BCUT2D eigenvalue weighted by molar-refractivity contribution is -0.121. The lowest BCUT2D eigenvalue weighted by atomic mass is 10.0. The van der Waals surface area contributed by atoms with Crippen LogP contribution in [0.25, 0.3) is 16.6 Å². The number of nitrogens with zero attached hydrogens (tertiary/aromatic N) is 2. The number of carbonyl (C=O) groups is 1. The third-order valence-corrected chi connectivity index (χ3v) is 3.92. The molecule has 1 amide bonds. The number of carbonyl (C=O) groups excluding carboxylic acids is 1. The summed E-state index contributed by atoms with van der Waals surface area (Å²) in [5, 5.41) is 17.3. The summed E-state index contributed by atoms with van der Waals surface area (Å²) in [6.07, 6.45) is 1.78. The van der Waals surface area contributed by atoms with E-state index < -0.39 is 18.1 Å². The molecule has 1 atom stereocenters. The number of nitrogens with one attached hydrogen (secondary N) is 1. The quantitative estimate of drug-likeness (QED) is 0.666. The second-order valence-corrected chi connectivity index (χ2v) is 6.20. The number of aromatic nitrogens is 2. The van der Waals surface area contributed by atoms with Gasteiger partial charge in [-0.1, -0.05) is 12.1 Å². The third-order valence-electron chi connectivity index (χ3n) is 3.92. The van der Waals surface area contributed by atoms with Gasteiger partial charge >= 0.3 is 0 Å². The number of aliphatic hydroxyl groups excluding tert-OH is 1. The topological polar surface area (TPSA) is 93.2 Å². The average Bonchev–Trinajstić information content (AvgIpc) is 2.98. The van der Waals surface area contributed by atoms with Crippen molar-refractivity contribution in [2.45, 2.75) is 19.4 Å². The summed E-state index contributed by atoms with van der Waals surface area (Å²) < 4.78 is 1.83. The Morgan fingerprint density at radius 3 is 2.76 bits per heavy atom. The molecule has 0 saturated heterocycles. The van der Waals surface area contributed by atoms with Gasteiger partial charge in [0.2, 0.25) is 5.91 Å². The first kappa shape index (κ1) is 18.9. The van der Waals surface area contributed by atoms with Gasteiger partial charge < -0.3 is 16.2 Å². The van der Waals surface area contributed by atoms with E-state index in [-0.39, 0.29) is 12.4 Å². The van der Waals surface area contributed by atoms with Crippen molar-refractivity contribution in [3.05, 3.63) is 54.2 Å². The zero-order chi connectivity index (χ0) is 17.3. The van der Waals surface area contributed by atoms with E-state index in [4.69, 9.17) is 5.73 Å². The number of rotatable bonds is 4. The van der Waals surface area contributed by atoms with Gasteiger partial charge in [0.25, 0.3) is 0 Å². The lowest BCUT2D eigenvalue weighted by Crippen LogP contribution is -2.51. The van der Waals surface area contributed by atoms with Crippen LogP contribution in [0.2, 0.25) is 0 Å². The van der Waals surface area contributed by atoms with Crippen LogP contribution in [0, 0.1) is 6.92 Å². The molecule has 1 heterocycles. The van der Waals surface area contributed by atoms with Crippen LogP contribution in [0.15, 0.2) is 48.7 Å². The average molecular weight is 361 g/mol. The molecule has 0 bridgehead atoms. The molecule has 0 aliphatic carbocycles. The number of hydrogen-bond acceptors (Lipinski definition) is 4. The summed E-state index contributed by atoms with van der Waals surface area (Å²) in [7, 11) is 0. The third kappa shape index (κ3) is 3.82. The van der Waals surface area contributed by atoms with Gasteiger partial charge in [-0.15, -0.1) is 12.4 Å². The fourth-order valence-electron chi connectivity index (χ4n) is 2.41. The van der Waals surface area contributed by atoms with E-state index in [2.05, 4.69) is 10.4 Å². The summed E-state index contributed by atoms with van der Waals surface area (Å²) >= 11 is 0. The molecule has 0 fully saturated rings. The summed E-state index contributed by atoms with van der Waals surface area (Å²) in [4.78, 5) is 12.1. The van der Waals surface area contributed by atoms with Crippen LogP contribution >= 0.6 is 12.4 Å². The van der Waals surface area contributed by atoms with Gasteiger partial charge in [0.15, 0.2) is 0 Å². The molecule has 0 saturated carbocycles. The number of halogens is 1. The van der Waals surface area contributed by atoms with Crippen LogP contribution in [0.4, 0.5) is 5.69 Å². The number of nitrogens with two attached hydrogens (primary N) is 1. The van der Waals surface area contributed by atoms with Gasteiger partial charge in [-0.05, 0) is 49.7 Å². The minimum absolute atomic E-state index is 0. The summed E-state index contributed by atoms with van der Waals surface area (Å²) in [6, 6.07) is 13.5. The van der Waals surface area contributed by atoms with Crippen LogP contribution in [0.1, 0.15) is 12.5 Å². The van der Waals surface area contributed by atoms with Gasteiger partial charge in [0, 0.05) is 11.1 Å². The smallest absolute Gasteiger partial charge is 0.246 e. The number of amides is 1. The first-order valence-electron chi connectivity index (χ1n) is 7.67. The Kier molecular flexibility index (Phi) is 5.47. The number of benzene rings is 2. The van der Waals surface area contributed by atoms with Crippen molar-refractivity contribution in [2.24, 2.45) is 5.73 Å². The monoisotopic (exact) mass is 360 g/mol. The highest BCUT2D eigenvalue weighted by Gasteiger charge is 2.27. The molecule has 4 N–H and O–H groups in total. The summed E-state index contributed by atoms with van der Waals surface area (Å²) in [5.74, 6) is -0.439. The van der Waals surface area contributed by atoms with Crippen molar-refractivity contribution in [3.63, 3.8) is 0 Å². The number of aryl methyl sites for hydroxylation is 1. The Hall–Kier alpha value is -2.41. The molecule has 0 aliphatic heterocycles. The Bertz CT molecular complexity index is 905. The lowest BCUT2D eigenvalue weighted by Gasteiger charge is -2.20. The van der Waals surface area contributed by atoms with Crippen LogP contribution in [-0.4, -0.2) is 32.9 Å². The molecule has 0 radical (unpaired) electrons. The van der Waals surface area contributed by atoms with E-state index in [1.165, 1.54) is 6.92 Å². The Morgan fingerprint density at radius 2 is 2.08 bits per heavy atom. The molecule has 0 spiro atoms. The van der Waals surface area contributed by atoms with Crippen LogP contribution in [-0.2, 0) is 4.79 Å². The first-order chi connectivity index (χ1) is 11.4. The van der Waals surface area contributed by atoms with E-state index in [0.29, 0.717) is 5.69 Å². The molecule has 0 unspecified atom stereocenters. The summed E-state index contributed by atoms with van der Waals surface area (Å²) in [6.45, 7) is 3.08. The highest BCUT2D eigenvalue weighted by molar-refractivity contribution is 5.99.